The summed E-state index contributed by atoms with van der Waals surface area (Å²) in [5.74, 6) is -0.925. The Kier molecular flexibility index (Phi) is 7.80. The molecule has 1 aromatic heterocycles. The van der Waals surface area contributed by atoms with Crippen LogP contribution in [0, 0.1) is 0 Å². The van der Waals surface area contributed by atoms with Crippen LogP contribution >= 0.6 is 11.3 Å². The van der Waals surface area contributed by atoms with Crippen LogP contribution in [0.4, 0.5) is 4.79 Å². The fourth-order valence-corrected chi connectivity index (χ4v) is 3.45. The summed E-state index contributed by atoms with van der Waals surface area (Å²) in [6.07, 6.45) is 0.302. The Bertz CT molecular complexity index is 601. The van der Waals surface area contributed by atoms with Gasteiger partial charge in [0.2, 0.25) is 0 Å². The van der Waals surface area contributed by atoms with Gasteiger partial charge >= 0.3 is 6.03 Å². The predicted octanol–water partition coefficient (Wildman–Crippen LogP) is 0.249. The zero-order valence-electron chi connectivity index (χ0n) is 15.6. The van der Waals surface area contributed by atoms with Crippen LogP contribution in [0.25, 0.3) is 0 Å². The number of morpholine rings is 1. The number of nitrogens with zero attached hydrogens (tertiary/aromatic N) is 3. The van der Waals surface area contributed by atoms with E-state index in [0.29, 0.717) is 38.6 Å². The second-order valence-electron chi connectivity index (χ2n) is 6.75. The monoisotopic (exact) mass is 383 g/mol. The van der Waals surface area contributed by atoms with Crippen molar-refractivity contribution in [3.8, 4) is 0 Å². The predicted molar refractivity (Wildman–Crippen MR) is 96.9 cm³/mol. The average molecular weight is 383 g/mol. The minimum atomic E-state index is -1.27. The molecule has 0 unspecified atom stereocenters. The van der Waals surface area contributed by atoms with Crippen molar-refractivity contribution >= 4 is 23.3 Å². The van der Waals surface area contributed by atoms with Crippen LogP contribution in [0.3, 0.4) is 0 Å². The number of amides is 2. The van der Waals surface area contributed by atoms with Crippen LogP contribution in [0.1, 0.15) is 36.9 Å². The number of thiazole rings is 1. The van der Waals surface area contributed by atoms with Crippen LogP contribution in [-0.2, 0) is 16.1 Å². The highest BCUT2D eigenvalue weighted by Crippen LogP contribution is 2.19. The number of urea groups is 1. The molecule has 0 radical (unpaired) electrons. The third-order valence-corrected chi connectivity index (χ3v) is 5.42. The fourth-order valence-electron chi connectivity index (χ4n) is 2.62. The van der Waals surface area contributed by atoms with E-state index in [2.05, 4.69) is 29.0 Å². The van der Waals surface area contributed by atoms with Gasteiger partial charge in [-0.05, 0) is 6.42 Å². The third kappa shape index (κ3) is 6.22. The zero-order chi connectivity index (χ0) is 19.1. The van der Waals surface area contributed by atoms with E-state index in [4.69, 9.17) is 4.74 Å². The third-order valence-electron chi connectivity index (χ3n) is 4.23. The molecule has 8 nitrogen and oxygen atoms in total. The first-order chi connectivity index (χ1) is 12.4. The van der Waals surface area contributed by atoms with Gasteiger partial charge in [0.15, 0.2) is 0 Å². The Morgan fingerprint density at radius 1 is 1.42 bits per heavy atom. The molecule has 1 aliphatic heterocycles. The van der Waals surface area contributed by atoms with Crippen molar-refractivity contribution in [2.75, 3.05) is 39.9 Å². The van der Waals surface area contributed by atoms with Gasteiger partial charge in [0.1, 0.15) is 0 Å². The van der Waals surface area contributed by atoms with Crippen molar-refractivity contribution in [2.24, 2.45) is 0 Å². The molecule has 1 aliphatic rings. The summed E-state index contributed by atoms with van der Waals surface area (Å²) in [5, 5.41) is 16.9. The summed E-state index contributed by atoms with van der Waals surface area (Å²) in [6, 6.07) is -1.46. The van der Waals surface area contributed by atoms with Crippen LogP contribution < -0.4 is 10.4 Å². The smallest absolute Gasteiger partial charge is 0.318 e. The normalized spacial score (nSPS) is 16.5. The Balaban J connectivity index is 1.83. The van der Waals surface area contributed by atoms with Crippen molar-refractivity contribution in [2.45, 2.75) is 38.8 Å². The summed E-state index contributed by atoms with van der Waals surface area (Å²) in [6.45, 7) is 7.89. The highest BCUT2D eigenvalue weighted by atomic mass is 32.1. The molecule has 2 heterocycles. The number of carbonyl (C=O) groups excluding carboxylic acids is 2. The summed E-state index contributed by atoms with van der Waals surface area (Å²) in [4.78, 5) is 31.7. The molecule has 2 rings (SSSR count). The number of hydrogen-bond acceptors (Lipinski definition) is 7. The number of nitrogens with one attached hydrogen (secondary N) is 1. The molecular weight excluding hydrogens is 356 g/mol. The lowest BCUT2D eigenvalue weighted by molar-refractivity contribution is -0.308. The molecule has 1 aromatic rings. The molecular formula is C17H27N4O4S-. The van der Waals surface area contributed by atoms with Crippen LogP contribution in [0.2, 0.25) is 0 Å². The first kappa shape index (κ1) is 20.6. The largest absolute Gasteiger partial charge is 0.548 e. The minimum Gasteiger partial charge on any atom is -0.548 e. The van der Waals surface area contributed by atoms with Gasteiger partial charge in [-0.15, -0.1) is 11.3 Å². The van der Waals surface area contributed by atoms with E-state index in [1.807, 2.05) is 5.38 Å². The van der Waals surface area contributed by atoms with E-state index in [1.165, 1.54) is 4.90 Å². The molecule has 0 aromatic carbocycles. The number of carboxylic acids is 1. The lowest BCUT2D eigenvalue weighted by atomic mass is 10.2. The van der Waals surface area contributed by atoms with Crippen molar-refractivity contribution in [3.63, 3.8) is 0 Å². The van der Waals surface area contributed by atoms with E-state index in [0.717, 1.165) is 23.8 Å². The van der Waals surface area contributed by atoms with E-state index in [9.17, 15) is 14.7 Å². The van der Waals surface area contributed by atoms with Gasteiger partial charge in [0.25, 0.3) is 0 Å². The van der Waals surface area contributed by atoms with Gasteiger partial charge in [-0.1, -0.05) is 13.8 Å². The van der Waals surface area contributed by atoms with Crippen molar-refractivity contribution in [1.82, 2.24) is 20.1 Å². The minimum absolute atomic E-state index is 0.302. The summed E-state index contributed by atoms with van der Waals surface area (Å²) in [7, 11) is 1.62. The van der Waals surface area contributed by atoms with Gasteiger partial charge in [0.05, 0.1) is 42.5 Å². The Hall–Kier alpha value is -1.71. The van der Waals surface area contributed by atoms with Gasteiger partial charge in [-0.2, -0.15) is 0 Å². The van der Waals surface area contributed by atoms with Crippen LogP contribution in [0.5, 0.6) is 0 Å². The number of aromatic nitrogens is 1. The molecule has 0 aliphatic carbocycles. The topological polar surface area (TPSA) is 97.8 Å². The lowest BCUT2D eigenvalue weighted by Crippen LogP contribution is -2.52. The number of aliphatic carboxylic acids is 1. The molecule has 2 amide bonds. The fraction of sp³-hybridized carbons (Fsp3) is 0.706. The average Bonchev–Trinajstić information content (AvgIpc) is 3.07. The second kappa shape index (κ2) is 9.84. The molecule has 0 spiro atoms. The molecule has 1 saturated heterocycles. The first-order valence-corrected chi connectivity index (χ1v) is 9.71. The zero-order valence-corrected chi connectivity index (χ0v) is 16.4. The maximum Gasteiger partial charge on any atom is 0.318 e. The summed E-state index contributed by atoms with van der Waals surface area (Å²) in [5.41, 5.74) is 0.801. The number of hydrogen-bond donors (Lipinski definition) is 1. The maximum atomic E-state index is 12.3. The molecule has 0 bridgehead atoms. The highest BCUT2D eigenvalue weighted by molar-refractivity contribution is 7.09. The number of carbonyl (C=O) groups is 2. The summed E-state index contributed by atoms with van der Waals surface area (Å²) < 4.78 is 5.27. The van der Waals surface area contributed by atoms with E-state index in [-0.39, 0.29) is 0 Å². The van der Waals surface area contributed by atoms with Gasteiger partial charge in [0, 0.05) is 38.0 Å². The SMILES string of the molecule is CC(C)c1nc(CN(C)C(=O)N[C@@H](CCN2CCOCC2)C(=O)[O-])cs1. The Morgan fingerprint density at radius 3 is 2.69 bits per heavy atom. The van der Waals surface area contributed by atoms with Crippen molar-refractivity contribution in [1.29, 1.82) is 0 Å². The number of rotatable bonds is 8. The van der Waals surface area contributed by atoms with Gasteiger partial charge in [-0.3, -0.25) is 4.90 Å². The molecule has 9 heteroatoms. The van der Waals surface area contributed by atoms with Crippen molar-refractivity contribution < 1.29 is 19.4 Å². The first-order valence-electron chi connectivity index (χ1n) is 8.83. The standard InChI is InChI=1S/C17H28N4O4S/c1-12(2)15-18-13(11-26-15)10-20(3)17(24)19-14(16(22)23)4-5-21-6-8-25-9-7-21/h11-12,14H,4-10H2,1-3H3,(H,19,24)(H,22,23)/p-1/t14-/m0/s1. The van der Waals surface area contributed by atoms with Gasteiger partial charge < -0.3 is 24.9 Å². The quantitative estimate of drug-likeness (QED) is 0.691. The van der Waals surface area contributed by atoms with E-state index < -0.39 is 18.0 Å². The molecule has 26 heavy (non-hydrogen) atoms. The molecule has 146 valence electrons. The Morgan fingerprint density at radius 2 is 2.12 bits per heavy atom. The second-order valence-corrected chi connectivity index (χ2v) is 7.64. The van der Waals surface area contributed by atoms with Crippen molar-refractivity contribution in [3.05, 3.63) is 16.1 Å². The van der Waals surface area contributed by atoms with Crippen LogP contribution in [-0.4, -0.2) is 72.7 Å². The maximum absolute atomic E-state index is 12.3. The van der Waals surface area contributed by atoms with E-state index >= 15 is 0 Å². The molecule has 0 saturated carbocycles. The number of carboxylic acid groups (broad SMARTS) is 1. The Labute approximate surface area is 158 Å². The molecule has 1 N–H and O–H groups in total. The van der Waals surface area contributed by atoms with Crippen LogP contribution in [0.15, 0.2) is 5.38 Å². The summed E-state index contributed by atoms with van der Waals surface area (Å²) >= 11 is 1.56. The highest BCUT2D eigenvalue weighted by Gasteiger charge is 2.19. The lowest BCUT2D eigenvalue weighted by Gasteiger charge is -2.29. The van der Waals surface area contributed by atoms with E-state index in [1.54, 1.807) is 18.4 Å². The molecule has 1 atom stereocenters. The number of ether oxygens (including phenoxy) is 1. The van der Waals surface area contributed by atoms with Gasteiger partial charge in [-0.25, -0.2) is 9.78 Å². The molecule has 1 fully saturated rings.